The fourth-order valence-electron chi connectivity index (χ4n) is 2.90. The normalized spacial score (nSPS) is 33.2. The van der Waals surface area contributed by atoms with Crippen molar-refractivity contribution in [1.82, 2.24) is 10.2 Å². The zero-order chi connectivity index (χ0) is 10.7. The first-order valence-electron chi connectivity index (χ1n) is 6.82. The fraction of sp³-hybridized carbons (Fsp3) is 1.00. The highest BCUT2D eigenvalue weighted by Gasteiger charge is 2.40. The van der Waals surface area contributed by atoms with Crippen LogP contribution < -0.4 is 5.32 Å². The van der Waals surface area contributed by atoms with Crippen molar-refractivity contribution in [2.45, 2.75) is 58.0 Å². The van der Waals surface area contributed by atoms with Crippen LogP contribution in [0.4, 0.5) is 0 Å². The molecule has 2 fully saturated rings. The summed E-state index contributed by atoms with van der Waals surface area (Å²) in [6.45, 7) is 8.45. The van der Waals surface area contributed by atoms with Crippen LogP contribution in [0.2, 0.25) is 0 Å². The summed E-state index contributed by atoms with van der Waals surface area (Å²) in [6.07, 6.45) is 6.86. The molecule has 2 unspecified atom stereocenters. The topological polar surface area (TPSA) is 15.3 Å². The first kappa shape index (κ1) is 11.4. The van der Waals surface area contributed by atoms with Gasteiger partial charge in [-0.3, -0.25) is 4.90 Å². The fourth-order valence-corrected chi connectivity index (χ4v) is 2.90. The minimum atomic E-state index is 0.806. The second kappa shape index (κ2) is 5.31. The van der Waals surface area contributed by atoms with E-state index in [4.69, 9.17) is 0 Å². The maximum absolute atomic E-state index is 3.65. The standard InChI is InChI=1S/C13H26N2/c1-3-7-14-12-5-8-15(9-6-12)13-10-11(13)4-2/h11-14H,3-10H2,1-2H3. The van der Waals surface area contributed by atoms with Crippen molar-refractivity contribution in [3.8, 4) is 0 Å². The number of piperidine rings is 1. The van der Waals surface area contributed by atoms with Crippen molar-refractivity contribution >= 4 is 0 Å². The van der Waals surface area contributed by atoms with E-state index in [1.807, 2.05) is 0 Å². The smallest absolute Gasteiger partial charge is 0.0127 e. The number of nitrogens with zero attached hydrogens (tertiary/aromatic N) is 1. The minimum absolute atomic E-state index is 0.806. The lowest BCUT2D eigenvalue weighted by atomic mass is 10.0. The highest BCUT2D eigenvalue weighted by molar-refractivity contribution is 4.96. The Kier molecular flexibility index (Phi) is 4.04. The molecule has 0 aromatic heterocycles. The van der Waals surface area contributed by atoms with Gasteiger partial charge in [-0.05, 0) is 51.2 Å². The van der Waals surface area contributed by atoms with Crippen molar-refractivity contribution in [2.75, 3.05) is 19.6 Å². The molecule has 88 valence electrons. The quantitative estimate of drug-likeness (QED) is 0.749. The van der Waals surface area contributed by atoms with E-state index < -0.39 is 0 Å². The van der Waals surface area contributed by atoms with Crippen molar-refractivity contribution in [3.05, 3.63) is 0 Å². The molecule has 15 heavy (non-hydrogen) atoms. The zero-order valence-corrected chi connectivity index (χ0v) is 10.3. The Balaban J connectivity index is 1.64. The van der Waals surface area contributed by atoms with Gasteiger partial charge in [0.1, 0.15) is 0 Å². The van der Waals surface area contributed by atoms with Gasteiger partial charge in [-0.25, -0.2) is 0 Å². The number of hydrogen-bond acceptors (Lipinski definition) is 2. The second-order valence-electron chi connectivity index (χ2n) is 5.24. The molecule has 2 aliphatic rings. The van der Waals surface area contributed by atoms with Gasteiger partial charge < -0.3 is 5.32 Å². The van der Waals surface area contributed by atoms with Crippen LogP contribution in [0.5, 0.6) is 0 Å². The van der Waals surface area contributed by atoms with E-state index in [0.717, 1.165) is 18.0 Å². The van der Waals surface area contributed by atoms with E-state index in [9.17, 15) is 0 Å². The maximum Gasteiger partial charge on any atom is 0.0127 e. The molecular formula is C13H26N2. The molecule has 0 aromatic carbocycles. The second-order valence-corrected chi connectivity index (χ2v) is 5.24. The van der Waals surface area contributed by atoms with Gasteiger partial charge in [-0.1, -0.05) is 20.3 Å². The van der Waals surface area contributed by atoms with Crippen LogP contribution >= 0.6 is 0 Å². The van der Waals surface area contributed by atoms with Gasteiger partial charge >= 0.3 is 0 Å². The summed E-state index contributed by atoms with van der Waals surface area (Å²) in [5.74, 6) is 1.03. The Morgan fingerprint density at radius 3 is 2.47 bits per heavy atom. The van der Waals surface area contributed by atoms with Crippen LogP contribution in [0.15, 0.2) is 0 Å². The Morgan fingerprint density at radius 1 is 1.20 bits per heavy atom. The molecule has 1 saturated heterocycles. The summed E-state index contributed by atoms with van der Waals surface area (Å²) in [7, 11) is 0. The molecule has 2 rings (SSSR count). The predicted molar refractivity (Wildman–Crippen MR) is 65.1 cm³/mol. The van der Waals surface area contributed by atoms with Crippen molar-refractivity contribution < 1.29 is 0 Å². The highest BCUT2D eigenvalue weighted by atomic mass is 15.2. The average molecular weight is 210 g/mol. The van der Waals surface area contributed by atoms with Crippen LogP contribution in [0.25, 0.3) is 0 Å². The van der Waals surface area contributed by atoms with Gasteiger partial charge in [0.25, 0.3) is 0 Å². The summed E-state index contributed by atoms with van der Waals surface area (Å²) < 4.78 is 0. The van der Waals surface area contributed by atoms with Gasteiger partial charge in [0.15, 0.2) is 0 Å². The van der Waals surface area contributed by atoms with Gasteiger partial charge in [0.05, 0.1) is 0 Å². The molecule has 1 N–H and O–H groups in total. The maximum atomic E-state index is 3.65. The van der Waals surface area contributed by atoms with Crippen LogP contribution in [0, 0.1) is 5.92 Å². The molecule has 0 aromatic rings. The van der Waals surface area contributed by atoms with Crippen molar-refractivity contribution in [1.29, 1.82) is 0 Å². The number of hydrogen-bond donors (Lipinski definition) is 1. The van der Waals surface area contributed by atoms with Gasteiger partial charge in [0.2, 0.25) is 0 Å². The van der Waals surface area contributed by atoms with E-state index in [2.05, 4.69) is 24.1 Å². The van der Waals surface area contributed by atoms with Crippen molar-refractivity contribution in [2.24, 2.45) is 5.92 Å². The average Bonchev–Trinajstić information content (AvgIpc) is 3.06. The molecule has 2 atom stereocenters. The van der Waals surface area contributed by atoms with E-state index in [1.54, 1.807) is 0 Å². The van der Waals surface area contributed by atoms with Gasteiger partial charge in [-0.2, -0.15) is 0 Å². The molecule has 1 aliphatic carbocycles. The van der Waals surface area contributed by atoms with E-state index in [0.29, 0.717) is 0 Å². The predicted octanol–water partition coefficient (Wildman–Crippen LogP) is 2.25. The minimum Gasteiger partial charge on any atom is -0.314 e. The summed E-state index contributed by atoms with van der Waals surface area (Å²) in [6, 6.07) is 1.77. The summed E-state index contributed by atoms with van der Waals surface area (Å²) in [4.78, 5) is 2.73. The summed E-state index contributed by atoms with van der Waals surface area (Å²) in [5.41, 5.74) is 0. The van der Waals surface area contributed by atoms with E-state index in [1.165, 1.54) is 51.7 Å². The Hall–Kier alpha value is -0.0800. The van der Waals surface area contributed by atoms with Crippen molar-refractivity contribution in [3.63, 3.8) is 0 Å². The largest absolute Gasteiger partial charge is 0.314 e. The molecule has 0 spiro atoms. The van der Waals surface area contributed by atoms with E-state index in [-0.39, 0.29) is 0 Å². The number of nitrogens with one attached hydrogen (secondary N) is 1. The van der Waals surface area contributed by atoms with E-state index >= 15 is 0 Å². The van der Waals surface area contributed by atoms with Gasteiger partial charge in [-0.15, -0.1) is 0 Å². The molecule has 0 bridgehead atoms. The first-order valence-corrected chi connectivity index (χ1v) is 6.82. The van der Waals surface area contributed by atoms with Gasteiger partial charge in [0, 0.05) is 12.1 Å². The summed E-state index contributed by atoms with van der Waals surface area (Å²) >= 11 is 0. The molecule has 2 heteroatoms. The van der Waals surface area contributed by atoms with Crippen LogP contribution in [0.1, 0.15) is 46.0 Å². The SMILES string of the molecule is CCCNC1CCN(C2CC2CC)CC1. The number of rotatable bonds is 5. The third-order valence-corrected chi connectivity index (χ3v) is 4.09. The number of likely N-dealkylation sites (tertiary alicyclic amines) is 1. The molecule has 1 heterocycles. The lowest BCUT2D eigenvalue weighted by molar-refractivity contribution is 0.182. The lowest BCUT2D eigenvalue weighted by Crippen LogP contribution is -2.43. The Morgan fingerprint density at radius 2 is 1.93 bits per heavy atom. The van der Waals surface area contributed by atoms with Crippen LogP contribution in [0.3, 0.4) is 0 Å². The molecule has 1 aliphatic heterocycles. The highest BCUT2D eigenvalue weighted by Crippen LogP contribution is 2.39. The third kappa shape index (κ3) is 2.94. The third-order valence-electron chi connectivity index (χ3n) is 4.09. The summed E-state index contributed by atoms with van der Waals surface area (Å²) in [5, 5.41) is 3.65. The monoisotopic (exact) mass is 210 g/mol. The molecule has 2 nitrogen and oxygen atoms in total. The zero-order valence-electron chi connectivity index (χ0n) is 10.3. The first-order chi connectivity index (χ1) is 7.35. The molecule has 1 saturated carbocycles. The lowest BCUT2D eigenvalue weighted by Gasteiger charge is -2.32. The molecule has 0 amide bonds. The molecule has 0 radical (unpaired) electrons. The van der Waals surface area contributed by atoms with Crippen LogP contribution in [-0.2, 0) is 0 Å². The molecular weight excluding hydrogens is 184 g/mol. The van der Waals surface area contributed by atoms with Crippen LogP contribution in [-0.4, -0.2) is 36.6 Å². The Labute approximate surface area is 94.4 Å². The Bertz CT molecular complexity index is 185.